The molecule has 136 valence electrons. The van der Waals surface area contributed by atoms with Crippen molar-refractivity contribution < 1.29 is 0 Å². The molecule has 0 saturated carbocycles. The van der Waals surface area contributed by atoms with E-state index >= 15 is 0 Å². The summed E-state index contributed by atoms with van der Waals surface area (Å²) in [5.74, 6) is 0. The lowest BCUT2D eigenvalue weighted by atomic mass is 9.99. The molecule has 0 aliphatic carbocycles. The van der Waals surface area contributed by atoms with Gasteiger partial charge in [0.05, 0.1) is 11.9 Å². The van der Waals surface area contributed by atoms with Crippen LogP contribution in [0, 0.1) is 25.5 Å². The molecule has 3 nitrogen and oxygen atoms in total. The zero-order valence-electron chi connectivity index (χ0n) is 15.5. The summed E-state index contributed by atoms with van der Waals surface area (Å²) >= 11 is 7.08. The molecule has 2 aromatic carbocycles. The molecule has 0 bridgehead atoms. The minimum absolute atomic E-state index is 0.0322. The highest BCUT2D eigenvalue weighted by Crippen LogP contribution is 2.36. The summed E-state index contributed by atoms with van der Waals surface area (Å²) in [5.41, 5.74) is 5.58. The smallest absolute Gasteiger partial charge is 0.263 e. The molecule has 0 aliphatic rings. The lowest BCUT2D eigenvalue weighted by Crippen LogP contribution is -2.22. The molecule has 4 aromatic rings. The monoisotopic (exact) mass is 392 g/mol. The van der Waals surface area contributed by atoms with Gasteiger partial charge in [0.25, 0.3) is 5.56 Å². The maximum Gasteiger partial charge on any atom is 0.263 e. The van der Waals surface area contributed by atoms with Crippen molar-refractivity contribution in [1.82, 2.24) is 9.55 Å². The second kappa shape index (κ2) is 6.91. The van der Waals surface area contributed by atoms with Gasteiger partial charge in [0.1, 0.15) is 4.83 Å². The van der Waals surface area contributed by atoms with Crippen LogP contribution in [0.4, 0.5) is 0 Å². The summed E-state index contributed by atoms with van der Waals surface area (Å²) in [7, 11) is 0. The third kappa shape index (κ3) is 3.17. The third-order valence-corrected chi connectivity index (χ3v) is 6.33. The first kappa shape index (κ1) is 17.9. The van der Waals surface area contributed by atoms with Gasteiger partial charge < -0.3 is 4.98 Å². The van der Waals surface area contributed by atoms with Gasteiger partial charge in [-0.3, -0.25) is 9.36 Å². The average molecular weight is 393 g/mol. The minimum Gasteiger partial charge on any atom is -0.323 e. The molecule has 0 aliphatic heterocycles. The molecule has 0 atom stereocenters. The van der Waals surface area contributed by atoms with Crippen molar-refractivity contribution in [2.45, 2.75) is 27.3 Å². The Labute approximate surface area is 166 Å². The van der Waals surface area contributed by atoms with Crippen molar-refractivity contribution in [2.24, 2.45) is 0 Å². The zero-order chi connectivity index (χ0) is 19.1. The number of rotatable bonds is 3. The number of hydrogen-bond donors (Lipinski definition) is 1. The van der Waals surface area contributed by atoms with Gasteiger partial charge in [0.15, 0.2) is 4.77 Å². The highest BCUT2D eigenvalue weighted by atomic mass is 32.1. The van der Waals surface area contributed by atoms with Gasteiger partial charge in [-0.2, -0.15) is 0 Å². The number of thiophene rings is 1. The van der Waals surface area contributed by atoms with Gasteiger partial charge in [-0.25, -0.2) is 0 Å². The molecular weight excluding hydrogens is 372 g/mol. The fourth-order valence-corrected chi connectivity index (χ4v) is 4.76. The van der Waals surface area contributed by atoms with Crippen LogP contribution in [0.25, 0.3) is 21.3 Å². The predicted octanol–water partition coefficient (Wildman–Crippen LogP) is 5.76. The van der Waals surface area contributed by atoms with Crippen LogP contribution < -0.4 is 5.56 Å². The SMILES string of the molecule is Cc1ccc(-c2c(C)sc3[nH]c(=S)n(Cc4ccccc4)c(=O)c23)cc1C. The summed E-state index contributed by atoms with van der Waals surface area (Å²) in [6.45, 7) is 6.73. The molecule has 0 spiro atoms. The second-order valence-electron chi connectivity index (χ2n) is 6.84. The van der Waals surface area contributed by atoms with E-state index in [1.165, 1.54) is 11.1 Å². The molecule has 0 amide bonds. The number of nitrogens with zero attached hydrogens (tertiary/aromatic N) is 1. The van der Waals surface area contributed by atoms with Crippen LogP contribution in [0.3, 0.4) is 0 Å². The summed E-state index contributed by atoms with van der Waals surface area (Å²) in [6, 6.07) is 16.3. The van der Waals surface area contributed by atoms with E-state index in [2.05, 4.69) is 44.0 Å². The van der Waals surface area contributed by atoms with Crippen molar-refractivity contribution in [3.63, 3.8) is 0 Å². The topological polar surface area (TPSA) is 37.8 Å². The lowest BCUT2D eigenvalue weighted by molar-refractivity contribution is 0.735. The zero-order valence-corrected chi connectivity index (χ0v) is 17.1. The average Bonchev–Trinajstić information content (AvgIpc) is 2.98. The Morgan fingerprint density at radius 1 is 1.04 bits per heavy atom. The van der Waals surface area contributed by atoms with Crippen LogP contribution in [0.5, 0.6) is 0 Å². The molecule has 0 fully saturated rings. The van der Waals surface area contributed by atoms with Crippen LogP contribution in [0.2, 0.25) is 0 Å². The van der Waals surface area contributed by atoms with Crippen molar-refractivity contribution in [3.05, 3.63) is 85.2 Å². The maximum absolute atomic E-state index is 13.4. The van der Waals surface area contributed by atoms with Crippen LogP contribution in [0.15, 0.2) is 53.3 Å². The first-order valence-electron chi connectivity index (χ1n) is 8.83. The number of aryl methyl sites for hydroxylation is 3. The van der Waals surface area contributed by atoms with Gasteiger partial charge in [-0.15, -0.1) is 11.3 Å². The minimum atomic E-state index is -0.0322. The Balaban J connectivity index is 1.97. The second-order valence-corrected chi connectivity index (χ2v) is 8.45. The highest BCUT2D eigenvalue weighted by molar-refractivity contribution is 7.71. The van der Waals surface area contributed by atoms with E-state index in [0.29, 0.717) is 11.3 Å². The summed E-state index contributed by atoms with van der Waals surface area (Å²) in [4.78, 5) is 18.6. The third-order valence-electron chi connectivity index (χ3n) is 4.99. The standard InChI is InChI=1S/C22H20N2OS2/c1-13-9-10-17(11-14(13)2)18-15(3)27-20-19(18)21(25)24(22(26)23-20)12-16-7-5-4-6-8-16/h4-11H,12H2,1-3H3,(H,23,26). The number of aromatic amines is 1. The summed E-state index contributed by atoms with van der Waals surface area (Å²) in [6.07, 6.45) is 0. The lowest BCUT2D eigenvalue weighted by Gasteiger charge is -2.09. The van der Waals surface area contributed by atoms with Gasteiger partial charge in [-0.05, 0) is 55.2 Å². The van der Waals surface area contributed by atoms with E-state index in [-0.39, 0.29) is 5.56 Å². The molecule has 2 aromatic heterocycles. The predicted molar refractivity (Wildman–Crippen MR) is 116 cm³/mol. The quantitative estimate of drug-likeness (QED) is 0.450. The number of fused-ring (bicyclic) bond motifs is 1. The molecule has 5 heteroatoms. The first-order valence-corrected chi connectivity index (χ1v) is 10.1. The van der Waals surface area contributed by atoms with Crippen LogP contribution >= 0.6 is 23.6 Å². The summed E-state index contributed by atoms with van der Waals surface area (Å²) in [5, 5.41) is 0.727. The molecule has 2 heterocycles. The van der Waals surface area contributed by atoms with E-state index in [0.717, 1.165) is 31.8 Å². The number of hydrogen-bond acceptors (Lipinski definition) is 3. The Morgan fingerprint density at radius 2 is 1.78 bits per heavy atom. The largest absolute Gasteiger partial charge is 0.323 e. The van der Waals surface area contributed by atoms with Crippen LogP contribution in [0.1, 0.15) is 21.6 Å². The fraction of sp³-hybridized carbons (Fsp3) is 0.182. The van der Waals surface area contributed by atoms with Gasteiger partial charge in [-0.1, -0.05) is 48.5 Å². The molecule has 0 radical (unpaired) electrons. The fourth-order valence-electron chi connectivity index (χ4n) is 3.38. The van der Waals surface area contributed by atoms with E-state index in [1.54, 1.807) is 15.9 Å². The maximum atomic E-state index is 13.4. The Kier molecular flexibility index (Phi) is 4.58. The highest BCUT2D eigenvalue weighted by Gasteiger charge is 2.17. The number of nitrogens with one attached hydrogen (secondary N) is 1. The van der Waals surface area contributed by atoms with E-state index in [1.807, 2.05) is 30.3 Å². The molecule has 27 heavy (non-hydrogen) atoms. The normalized spacial score (nSPS) is 11.2. The van der Waals surface area contributed by atoms with E-state index in [4.69, 9.17) is 12.2 Å². The van der Waals surface area contributed by atoms with E-state index in [9.17, 15) is 4.79 Å². The van der Waals surface area contributed by atoms with Gasteiger partial charge in [0, 0.05) is 10.4 Å². The Hall–Kier alpha value is -2.50. The molecule has 4 rings (SSSR count). The van der Waals surface area contributed by atoms with Crippen molar-refractivity contribution in [2.75, 3.05) is 0 Å². The van der Waals surface area contributed by atoms with E-state index < -0.39 is 0 Å². The molecule has 0 saturated heterocycles. The van der Waals surface area contributed by atoms with Crippen molar-refractivity contribution in [1.29, 1.82) is 0 Å². The van der Waals surface area contributed by atoms with Gasteiger partial charge in [0.2, 0.25) is 0 Å². The number of aromatic nitrogens is 2. The van der Waals surface area contributed by atoms with Crippen molar-refractivity contribution >= 4 is 33.8 Å². The van der Waals surface area contributed by atoms with Crippen LogP contribution in [-0.2, 0) is 6.54 Å². The van der Waals surface area contributed by atoms with Crippen molar-refractivity contribution in [3.8, 4) is 11.1 Å². The summed E-state index contributed by atoms with van der Waals surface area (Å²) < 4.78 is 2.12. The molecule has 0 unspecified atom stereocenters. The first-order chi connectivity index (χ1) is 13.0. The number of H-pyrrole nitrogens is 1. The Morgan fingerprint density at radius 3 is 2.48 bits per heavy atom. The number of benzene rings is 2. The Bertz CT molecular complexity index is 1260. The van der Waals surface area contributed by atoms with Gasteiger partial charge >= 0.3 is 0 Å². The molecule has 1 N–H and O–H groups in total. The van der Waals surface area contributed by atoms with Crippen LogP contribution in [-0.4, -0.2) is 9.55 Å². The molecular formula is C22H20N2OS2.